The molecule has 0 bridgehead atoms. The van der Waals surface area contributed by atoms with E-state index in [0.29, 0.717) is 0 Å². The average Bonchev–Trinajstić information content (AvgIpc) is 2.55. The number of aryl methyl sites for hydroxylation is 1. The lowest BCUT2D eigenvalue weighted by Crippen LogP contribution is -2.26. The SMILES string of the molecule is Cc1cc(NC2=C(Br)C(=O)c3nccnc3C2=O)ccc1C(F)(F)F. The van der Waals surface area contributed by atoms with E-state index < -0.39 is 23.3 Å². The molecule has 1 aromatic carbocycles. The number of ketones is 2. The predicted octanol–water partition coefficient (Wildman–Crippen LogP) is 3.90. The van der Waals surface area contributed by atoms with E-state index in [9.17, 15) is 22.8 Å². The summed E-state index contributed by atoms with van der Waals surface area (Å²) in [6, 6.07) is 3.35. The Morgan fingerprint density at radius 1 is 1.04 bits per heavy atom. The van der Waals surface area contributed by atoms with Gasteiger partial charge in [0.2, 0.25) is 11.6 Å². The molecule has 1 aliphatic carbocycles. The van der Waals surface area contributed by atoms with E-state index in [2.05, 4.69) is 31.2 Å². The molecule has 0 atom stereocenters. The number of hydrogen-bond donors (Lipinski definition) is 1. The second kappa shape index (κ2) is 6.07. The summed E-state index contributed by atoms with van der Waals surface area (Å²) < 4.78 is 38.4. The fraction of sp³-hybridized carbons (Fsp3) is 0.125. The van der Waals surface area contributed by atoms with Crippen molar-refractivity contribution >= 4 is 33.2 Å². The molecule has 0 aliphatic heterocycles. The molecule has 25 heavy (non-hydrogen) atoms. The van der Waals surface area contributed by atoms with Crippen LogP contribution >= 0.6 is 15.9 Å². The molecule has 1 N–H and O–H groups in total. The van der Waals surface area contributed by atoms with E-state index in [4.69, 9.17) is 0 Å². The first kappa shape index (κ1) is 17.3. The van der Waals surface area contributed by atoms with Gasteiger partial charge in [0, 0.05) is 18.1 Å². The molecule has 0 amide bonds. The van der Waals surface area contributed by atoms with Crippen molar-refractivity contribution < 1.29 is 22.8 Å². The Morgan fingerprint density at radius 3 is 2.20 bits per heavy atom. The number of benzene rings is 1. The Labute approximate surface area is 148 Å². The summed E-state index contributed by atoms with van der Waals surface area (Å²) in [7, 11) is 0. The molecular weight excluding hydrogens is 403 g/mol. The van der Waals surface area contributed by atoms with Crippen LogP contribution in [0.5, 0.6) is 0 Å². The zero-order valence-electron chi connectivity index (χ0n) is 12.6. The van der Waals surface area contributed by atoms with Gasteiger partial charge < -0.3 is 5.32 Å². The van der Waals surface area contributed by atoms with Gasteiger partial charge in [-0.25, -0.2) is 9.97 Å². The van der Waals surface area contributed by atoms with E-state index in [1.807, 2.05) is 0 Å². The van der Waals surface area contributed by atoms with E-state index in [1.54, 1.807) is 0 Å². The molecule has 5 nitrogen and oxygen atoms in total. The van der Waals surface area contributed by atoms with Gasteiger partial charge >= 0.3 is 6.18 Å². The molecule has 1 aromatic heterocycles. The van der Waals surface area contributed by atoms with Gasteiger partial charge in [0.15, 0.2) is 0 Å². The van der Waals surface area contributed by atoms with Crippen LogP contribution in [0, 0.1) is 6.92 Å². The fourth-order valence-corrected chi connectivity index (χ4v) is 2.89. The van der Waals surface area contributed by atoms with Crippen molar-refractivity contribution in [3.63, 3.8) is 0 Å². The van der Waals surface area contributed by atoms with Crippen molar-refractivity contribution in [2.75, 3.05) is 5.32 Å². The number of allylic oxidation sites excluding steroid dienone is 2. The number of carbonyl (C=O) groups is 2. The quantitative estimate of drug-likeness (QED) is 0.810. The van der Waals surface area contributed by atoms with Crippen LogP contribution < -0.4 is 5.32 Å². The first-order chi connectivity index (χ1) is 11.7. The maximum atomic E-state index is 12.8. The van der Waals surface area contributed by atoms with Crippen molar-refractivity contribution in [1.29, 1.82) is 0 Å². The van der Waals surface area contributed by atoms with Gasteiger partial charge in [0.05, 0.1) is 10.0 Å². The first-order valence-electron chi connectivity index (χ1n) is 6.95. The van der Waals surface area contributed by atoms with Crippen LogP contribution in [-0.2, 0) is 6.18 Å². The number of anilines is 1. The smallest absolute Gasteiger partial charge is 0.351 e. The Kier molecular flexibility index (Phi) is 4.19. The highest BCUT2D eigenvalue weighted by Crippen LogP contribution is 2.34. The van der Waals surface area contributed by atoms with Gasteiger partial charge in [0.25, 0.3) is 0 Å². The summed E-state index contributed by atoms with van der Waals surface area (Å²) in [6.07, 6.45) is -1.89. The van der Waals surface area contributed by atoms with Gasteiger partial charge in [-0.15, -0.1) is 0 Å². The highest BCUT2D eigenvalue weighted by molar-refractivity contribution is 9.12. The molecule has 0 unspecified atom stereocenters. The number of Topliss-reactive ketones (excluding diaryl/α,β-unsaturated/α-hetero) is 2. The zero-order valence-corrected chi connectivity index (χ0v) is 14.2. The summed E-state index contributed by atoms with van der Waals surface area (Å²) in [5.41, 5.74) is -0.823. The van der Waals surface area contributed by atoms with Crippen LogP contribution in [-0.4, -0.2) is 21.5 Å². The molecule has 9 heteroatoms. The Balaban J connectivity index is 1.98. The highest BCUT2D eigenvalue weighted by atomic mass is 79.9. The van der Waals surface area contributed by atoms with Crippen molar-refractivity contribution in [3.8, 4) is 0 Å². The average molecular weight is 412 g/mol. The lowest BCUT2D eigenvalue weighted by Gasteiger charge is -2.18. The maximum Gasteiger partial charge on any atom is 0.416 e. The lowest BCUT2D eigenvalue weighted by molar-refractivity contribution is -0.138. The largest absolute Gasteiger partial charge is 0.416 e. The molecule has 2 aromatic rings. The summed E-state index contributed by atoms with van der Waals surface area (Å²) in [4.78, 5) is 32.5. The first-order valence-corrected chi connectivity index (χ1v) is 7.74. The molecule has 3 rings (SSSR count). The number of aromatic nitrogens is 2. The van der Waals surface area contributed by atoms with E-state index in [1.165, 1.54) is 31.5 Å². The summed E-state index contributed by atoms with van der Waals surface area (Å²) in [5.74, 6) is -1.11. The zero-order chi connectivity index (χ0) is 18.4. The second-order valence-corrected chi connectivity index (χ2v) is 6.05. The van der Waals surface area contributed by atoms with Crippen molar-refractivity contribution in [3.05, 3.63) is 63.3 Å². The van der Waals surface area contributed by atoms with Crippen LogP contribution in [0.1, 0.15) is 32.1 Å². The predicted molar refractivity (Wildman–Crippen MR) is 86.4 cm³/mol. The number of halogens is 4. The minimum Gasteiger partial charge on any atom is -0.351 e. The number of nitrogens with one attached hydrogen (secondary N) is 1. The molecular formula is C16H9BrF3N3O2. The maximum absolute atomic E-state index is 12.8. The van der Waals surface area contributed by atoms with Gasteiger partial charge in [-0.2, -0.15) is 13.2 Å². The molecule has 0 spiro atoms. The Morgan fingerprint density at radius 2 is 1.64 bits per heavy atom. The summed E-state index contributed by atoms with van der Waals surface area (Å²) >= 11 is 3.05. The number of hydrogen-bond acceptors (Lipinski definition) is 5. The fourth-order valence-electron chi connectivity index (χ4n) is 2.42. The molecule has 0 fully saturated rings. The van der Waals surface area contributed by atoms with Crippen LogP contribution in [0.4, 0.5) is 18.9 Å². The van der Waals surface area contributed by atoms with Crippen molar-refractivity contribution in [2.24, 2.45) is 0 Å². The van der Waals surface area contributed by atoms with Crippen LogP contribution in [0.3, 0.4) is 0 Å². The standard InChI is InChI=1S/C16H9BrF3N3O2/c1-7-6-8(2-3-9(7)16(18,19)20)23-11-10(17)14(24)12-13(15(11)25)22-5-4-21-12/h2-6,23H,1H3. The Hall–Kier alpha value is -2.55. The third-order valence-corrected chi connectivity index (χ3v) is 4.33. The molecule has 1 aliphatic rings. The highest BCUT2D eigenvalue weighted by Gasteiger charge is 2.34. The third-order valence-electron chi connectivity index (χ3n) is 3.58. The van der Waals surface area contributed by atoms with Gasteiger partial charge in [-0.1, -0.05) is 0 Å². The molecule has 0 saturated heterocycles. The van der Waals surface area contributed by atoms with Crippen LogP contribution in [0.25, 0.3) is 0 Å². The monoisotopic (exact) mass is 411 g/mol. The normalized spacial score (nSPS) is 14.6. The van der Waals surface area contributed by atoms with Crippen molar-refractivity contribution in [1.82, 2.24) is 9.97 Å². The number of nitrogens with zero attached hydrogens (tertiary/aromatic N) is 2. The van der Waals surface area contributed by atoms with E-state index >= 15 is 0 Å². The summed E-state index contributed by atoms with van der Waals surface area (Å²) in [5, 5.41) is 2.70. The number of fused-ring (bicyclic) bond motifs is 1. The van der Waals surface area contributed by atoms with Gasteiger partial charge in [-0.05, 0) is 46.6 Å². The number of alkyl halides is 3. The molecule has 0 saturated carbocycles. The van der Waals surface area contributed by atoms with Gasteiger partial charge in [0.1, 0.15) is 17.1 Å². The number of rotatable bonds is 2. The topological polar surface area (TPSA) is 72.0 Å². The minimum atomic E-state index is -4.46. The number of carbonyl (C=O) groups excluding carboxylic acids is 2. The lowest BCUT2D eigenvalue weighted by atomic mass is 10.0. The minimum absolute atomic E-state index is 0.0102. The molecule has 1 heterocycles. The van der Waals surface area contributed by atoms with Crippen LogP contribution in [0.15, 0.2) is 40.8 Å². The molecule has 0 radical (unpaired) electrons. The van der Waals surface area contributed by atoms with Gasteiger partial charge in [-0.3, -0.25) is 9.59 Å². The molecule has 128 valence electrons. The third kappa shape index (κ3) is 3.07. The van der Waals surface area contributed by atoms with E-state index in [0.717, 1.165) is 6.07 Å². The second-order valence-electron chi connectivity index (χ2n) is 5.25. The Bertz CT molecular complexity index is 938. The summed E-state index contributed by atoms with van der Waals surface area (Å²) in [6.45, 7) is 1.31. The van der Waals surface area contributed by atoms with E-state index in [-0.39, 0.29) is 32.8 Å². The van der Waals surface area contributed by atoms with Crippen LogP contribution in [0.2, 0.25) is 0 Å². The van der Waals surface area contributed by atoms with Crippen molar-refractivity contribution in [2.45, 2.75) is 13.1 Å².